The molecule has 140 valence electrons. The van der Waals surface area contributed by atoms with Crippen LogP contribution in [0, 0.1) is 5.92 Å². The fourth-order valence-electron chi connectivity index (χ4n) is 3.87. The van der Waals surface area contributed by atoms with Gasteiger partial charge in [-0.3, -0.25) is 4.79 Å². The summed E-state index contributed by atoms with van der Waals surface area (Å²) in [6, 6.07) is 0. The summed E-state index contributed by atoms with van der Waals surface area (Å²) in [4.78, 5) is 25.3. The molecule has 2 aromatic heterocycles. The van der Waals surface area contributed by atoms with Crippen molar-refractivity contribution >= 4 is 17.2 Å². The molecular formula is C18H25N5O2S. The summed E-state index contributed by atoms with van der Waals surface area (Å²) in [6.07, 6.45) is 6.74. The highest BCUT2D eigenvalue weighted by Crippen LogP contribution is 2.30. The highest BCUT2D eigenvalue weighted by molar-refractivity contribution is 7.11. The summed E-state index contributed by atoms with van der Waals surface area (Å²) < 4.78 is 6.60. The van der Waals surface area contributed by atoms with Crippen molar-refractivity contribution in [3.8, 4) is 0 Å². The predicted molar refractivity (Wildman–Crippen MR) is 98.2 cm³/mol. The van der Waals surface area contributed by atoms with E-state index in [1.54, 1.807) is 18.8 Å². The number of nitrogens with zero attached hydrogens (tertiary/aromatic N) is 5. The first-order chi connectivity index (χ1) is 12.6. The molecule has 7 nitrogen and oxygen atoms in total. The van der Waals surface area contributed by atoms with Gasteiger partial charge in [0, 0.05) is 38.5 Å². The van der Waals surface area contributed by atoms with Gasteiger partial charge in [-0.15, -0.1) is 11.3 Å². The Labute approximate surface area is 157 Å². The van der Waals surface area contributed by atoms with Gasteiger partial charge in [-0.05, 0) is 38.0 Å². The number of rotatable bonds is 5. The summed E-state index contributed by atoms with van der Waals surface area (Å²) in [6.45, 7) is 1.88. The van der Waals surface area contributed by atoms with E-state index in [4.69, 9.17) is 9.72 Å². The molecule has 1 amide bonds. The van der Waals surface area contributed by atoms with Crippen LogP contribution in [0.5, 0.6) is 0 Å². The Morgan fingerprint density at radius 3 is 2.81 bits per heavy atom. The van der Waals surface area contributed by atoms with Crippen LogP contribution < -0.4 is 0 Å². The van der Waals surface area contributed by atoms with E-state index in [1.807, 2.05) is 16.2 Å². The highest BCUT2D eigenvalue weighted by Gasteiger charge is 2.28. The number of hydrogen-bond donors (Lipinski definition) is 0. The topological polar surface area (TPSA) is 73.1 Å². The van der Waals surface area contributed by atoms with Gasteiger partial charge < -0.3 is 9.64 Å². The predicted octanol–water partition coefficient (Wildman–Crippen LogP) is 2.00. The van der Waals surface area contributed by atoms with E-state index in [0.29, 0.717) is 24.2 Å². The minimum Gasteiger partial charge on any atom is -0.377 e. The van der Waals surface area contributed by atoms with Gasteiger partial charge >= 0.3 is 0 Å². The minimum atomic E-state index is -0.0333. The molecule has 0 saturated carbocycles. The first-order valence-electron chi connectivity index (χ1n) is 9.29. The SMILES string of the molecule is COCc1nc(C(=O)N2CCC(Cc3nc4c(s3)CCC4)CC2)n(C)n1. The lowest BCUT2D eigenvalue weighted by molar-refractivity contribution is 0.0673. The average molecular weight is 375 g/mol. The minimum absolute atomic E-state index is 0.0333. The maximum Gasteiger partial charge on any atom is 0.291 e. The van der Waals surface area contributed by atoms with Gasteiger partial charge in [-0.2, -0.15) is 5.10 Å². The van der Waals surface area contributed by atoms with E-state index in [1.165, 1.54) is 28.4 Å². The Hall–Kier alpha value is -1.80. The molecule has 0 N–H and O–H groups in total. The molecule has 0 aromatic carbocycles. The number of aromatic nitrogens is 4. The molecule has 26 heavy (non-hydrogen) atoms. The number of aryl methyl sites for hydroxylation is 3. The van der Waals surface area contributed by atoms with Gasteiger partial charge in [0.25, 0.3) is 5.91 Å². The molecule has 0 spiro atoms. The zero-order valence-corrected chi connectivity index (χ0v) is 16.2. The Morgan fingerprint density at radius 2 is 2.08 bits per heavy atom. The number of carbonyl (C=O) groups is 1. The lowest BCUT2D eigenvalue weighted by Gasteiger charge is -2.31. The number of hydrogen-bond acceptors (Lipinski definition) is 6. The third-order valence-corrected chi connectivity index (χ3v) is 6.46. The van der Waals surface area contributed by atoms with Gasteiger partial charge in [0.15, 0.2) is 5.82 Å². The fraction of sp³-hybridized carbons (Fsp3) is 0.667. The summed E-state index contributed by atoms with van der Waals surface area (Å²) in [7, 11) is 3.35. The van der Waals surface area contributed by atoms with E-state index < -0.39 is 0 Å². The van der Waals surface area contributed by atoms with Crippen LogP contribution in [0.1, 0.15) is 51.3 Å². The summed E-state index contributed by atoms with van der Waals surface area (Å²) in [5.74, 6) is 1.53. The molecule has 1 saturated heterocycles. The number of fused-ring (bicyclic) bond motifs is 1. The van der Waals surface area contributed by atoms with E-state index in [2.05, 4.69) is 10.1 Å². The molecule has 1 fully saturated rings. The average Bonchev–Trinajstić information content (AvgIpc) is 3.30. The third-order valence-electron chi connectivity index (χ3n) is 5.28. The molecule has 2 aliphatic rings. The molecule has 0 atom stereocenters. The first kappa shape index (κ1) is 17.6. The van der Waals surface area contributed by atoms with E-state index in [0.717, 1.165) is 38.8 Å². The van der Waals surface area contributed by atoms with Crippen molar-refractivity contribution in [2.24, 2.45) is 13.0 Å². The zero-order chi connectivity index (χ0) is 18.1. The van der Waals surface area contributed by atoms with Crippen LogP contribution in [0.3, 0.4) is 0 Å². The molecule has 4 rings (SSSR count). The van der Waals surface area contributed by atoms with Crippen molar-refractivity contribution in [2.75, 3.05) is 20.2 Å². The summed E-state index contributed by atoms with van der Waals surface area (Å²) >= 11 is 1.90. The molecule has 2 aromatic rings. The van der Waals surface area contributed by atoms with Crippen molar-refractivity contribution in [1.82, 2.24) is 24.6 Å². The number of methoxy groups -OCH3 is 1. The number of piperidine rings is 1. The zero-order valence-electron chi connectivity index (χ0n) is 15.4. The van der Waals surface area contributed by atoms with E-state index in [9.17, 15) is 4.79 Å². The maximum absolute atomic E-state index is 12.7. The Balaban J connectivity index is 1.33. The van der Waals surface area contributed by atoms with Crippen molar-refractivity contribution in [1.29, 1.82) is 0 Å². The van der Waals surface area contributed by atoms with Crippen LogP contribution in [-0.4, -0.2) is 50.8 Å². The monoisotopic (exact) mass is 375 g/mol. The Morgan fingerprint density at radius 1 is 1.27 bits per heavy atom. The maximum atomic E-state index is 12.7. The van der Waals surface area contributed by atoms with Crippen LogP contribution in [0.4, 0.5) is 0 Å². The normalized spacial score (nSPS) is 17.7. The number of carbonyl (C=O) groups excluding carboxylic acids is 1. The number of likely N-dealkylation sites (tertiary alicyclic amines) is 1. The second kappa shape index (κ2) is 7.44. The Bertz CT molecular complexity index is 770. The summed E-state index contributed by atoms with van der Waals surface area (Å²) in [5, 5.41) is 5.53. The van der Waals surface area contributed by atoms with Gasteiger partial charge in [0.2, 0.25) is 5.82 Å². The third kappa shape index (κ3) is 3.53. The molecule has 1 aliphatic carbocycles. The highest BCUT2D eigenvalue weighted by atomic mass is 32.1. The lowest BCUT2D eigenvalue weighted by Crippen LogP contribution is -2.40. The molecule has 0 radical (unpaired) electrons. The molecule has 0 unspecified atom stereocenters. The van der Waals surface area contributed by atoms with Crippen molar-refractivity contribution < 1.29 is 9.53 Å². The molecular weight excluding hydrogens is 350 g/mol. The molecule has 1 aliphatic heterocycles. The van der Waals surface area contributed by atoms with Crippen molar-refractivity contribution in [3.05, 3.63) is 27.2 Å². The van der Waals surface area contributed by atoms with Crippen LogP contribution >= 0.6 is 11.3 Å². The van der Waals surface area contributed by atoms with E-state index >= 15 is 0 Å². The van der Waals surface area contributed by atoms with Crippen molar-refractivity contribution in [3.63, 3.8) is 0 Å². The van der Waals surface area contributed by atoms with Gasteiger partial charge in [-0.25, -0.2) is 14.6 Å². The number of ether oxygens (including phenoxy) is 1. The van der Waals surface area contributed by atoms with Crippen molar-refractivity contribution in [2.45, 2.75) is 45.1 Å². The number of amides is 1. The Kier molecular flexibility index (Phi) is 5.04. The van der Waals surface area contributed by atoms with Crippen LogP contribution in [-0.2, 0) is 37.7 Å². The lowest BCUT2D eigenvalue weighted by atomic mass is 9.94. The fourth-order valence-corrected chi connectivity index (χ4v) is 5.14. The van der Waals surface area contributed by atoms with Crippen LogP contribution in [0.2, 0.25) is 0 Å². The molecule has 0 bridgehead atoms. The first-order valence-corrected chi connectivity index (χ1v) is 10.1. The second-order valence-corrected chi connectivity index (χ2v) is 8.35. The molecule has 8 heteroatoms. The number of thiazole rings is 1. The van der Waals surface area contributed by atoms with Crippen LogP contribution in [0.25, 0.3) is 0 Å². The second-order valence-electron chi connectivity index (χ2n) is 7.18. The molecule has 3 heterocycles. The standard InChI is InChI=1S/C18H25N5O2S/c1-22-17(20-15(21-22)11-25-2)18(24)23-8-6-12(7-9-23)10-16-19-13-4-3-5-14(13)26-16/h12H,3-11H2,1-2H3. The van der Waals surface area contributed by atoms with Gasteiger partial charge in [0.05, 0.1) is 10.7 Å². The largest absolute Gasteiger partial charge is 0.377 e. The van der Waals surface area contributed by atoms with Gasteiger partial charge in [0.1, 0.15) is 6.61 Å². The summed E-state index contributed by atoms with van der Waals surface area (Å²) in [5.41, 5.74) is 1.34. The quantitative estimate of drug-likeness (QED) is 0.799. The van der Waals surface area contributed by atoms with Gasteiger partial charge in [-0.1, -0.05) is 0 Å². The smallest absolute Gasteiger partial charge is 0.291 e. The van der Waals surface area contributed by atoms with Crippen LogP contribution in [0.15, 0.2) is 0 Å². The van der Waals surface area contributed by atoms with E-state index in [-0.39, 0.29) is 5.91 Å².